The summed E-state index contributed by atoms with van der Waals surface area (Å²) in [4.78, 5) is 28.2. The first kappa shape index (κ1) is 27.2. The van der Waals surface area contributed by atoms with E-state index in [4.69, 9.17) is 0 Å². The van der Waals surface area contributed by atoms with Crippen molar-refractivity contribution in [3.63, 3.8) is 0 Å². The average molecular weight is 565 g/mol. The maximum absolute atomic E-state index is 13.6. The second-order valence-electron chi connectivity index (χ2n) is 9.38. The number of hydrogen-bond donors (Lipinski definition) is 1. The smallest absolute Gasteiger partial charge is 0.244 e. The van der Waals surface area contributed by atoms with Gasteiger partial charge in [-0.2, -0.15) is 0 Å². The van der Waals surface area contributed by atoms with Gasteiger partial charge in [0.1, 0.15) is 12.6 Å². The second-order valence-corrected chi connectivity index (χ2v) is 12.1. The van der Waals surface area contributed by atoms with E-state index in [9.17, 15) is 18.0 Å². The number of nitrogens with zero attached hydrogens (tertiary/aromatic N) is 2. The van der Waals surface area contributed by atoms with Crippen LogP contribution in [0.25, 0.3) is 0 Å². The number of halogens is 1. The third kappa shape index (κ3) is 7.30. The molecule has 0 aliphatic heterocycles. The molecular formula is C26H34BrN3O4S. The number of carbonyl (C=O) groups excluding carboxylic acids is 2. The second kappa shape index (κ2) is 11.6. The van der Waals surface area contributed by atoms with Gasteiger partial charge in [-0.15, -0.1) is 0 Å². The van der Waals surface area contributed by atoms with Crippen molar-refractivity contribution in [3.05, 3.63) is 63.6 Å². The van der Waals surface area contributed by atoms with Crippen molar-refractivity contribution in [2.45, 2.75) is 65.1 Å². The van der Waals surface area contributed by atoms with E-state index >= 15 is 0 Å². The summed E-state index contributed by atoms with van der Waals surface area (Å²) in [5.74, 6) is -0.658. The number of benzene rings is 2. The maximum Gasteiger partial charge on any atom is 0.244 e. The van der Waals surface area contributed by atoms with Crippen molar-refractivity contribution in [2.24, 2.45) is 0 Å². The number of sulfonamides is 1. The number of aryl methyl sites for hydroxylation is 2. The first-order chi connectivity index (χ1) is 16.5. The fourth-order valence-electron chi connectivity index (χ4n) is 4.38. The molecule has 1 N–H and O–H groups in total. The predicted octanol–water partition coefficient (Wildman–Crippen LogP) is 4.31. The largest absolute Gasteiger partial charge is 0.352 e. The Balaban J connectivity index is 1.89. The average Bonchev–Trinajstić information content (AvgIpc) is 3.29. The molecule has 0 saturated heterocycles. The molecule has 35 heavy (non-hydrogen) atoms. The van der Waals surface area contributed by atoms with Gasteiger partial charge in [0.05, 0.1) is 11.9 Å². The summed E-state index contributed by atoms with van der Waals surface area (Å²) in [5, 5.41) is 3.07. The van der Waals surface area contributed by atoms with Gasteiger partial charge in [0, 0.05) is 17.1 Å². The molecule has 0 bridgehead atoms. The topological polar surface area (TPSA) is 86.8 Å². The molecule has 1 saturated carbocycles. The van der Waals surface area contributed by atoms with Gasteiger partial charge < -0.3 is 10.2 Å². The first-order valence-corrected chi connectivity index (χ1v) is 14.5. The lowest BCUT2D eigenvalue weighted by Gasteiger charge is -2.32. The molecule has 0 aromatic heterocycles. The molecule has 3 rings (SSSR count). The van der Waals surface area contributed by atoms with Crippen LogP contribution in [-0.4, -0.2) is 50.0 Å². The number of nitrogens with one attached hydrogen (secondary N) is 1. The van der Waals surface area contributed by atoms with Crippen LogP contribution in [0, 0.1) is 13.8 Å². The zero-order chi connectivity index (χ0) is 25.8. The third-order valence-corrected chi connectivity index (χ3v) is 8.44. The minimum absolute atomic E-state index is 0.124. The molecule has 2 aromatic carbocycles. The number of amides is 2. The zero-order valence-electron chi connectivity index (χ0n) is 20.8. The lowest BCUT2D eigenvalue weighted by molar-refractivity contribution is -0.139. The fraction of sp³-hybridized carbons (Fsp3) is 0.462. The van der Waals surface area contributed by atoms with Crippen LogP contribution in [0.3, 0.4) is 0 Å². The molecule has 1 fully saturated rings. The number of hydrogen-bond acceptors (Lipinski definition) is 4. The number of anilines is 1. The summed E-state index contributed by atoms with van der Waals surface area (Å²) < 4.78 is 27.3. The number of rotatable bonds is 9. The van der Waals surface area contributed by atoms with Crippen LogP contribution < -0.4 is 9.62 Å². The highest BCUT2D eigenvalue weighted by molar-refractivity contribution is 9.10. The summed E-state index contributed by atoms with van der Waals surface area (Å²) in [6, 6.07) is 12.3. The summed E-state index contributed by atoms with van der Waals surface area (Å²) in [5.41, 5.74) is 3.18. The minimum atomic E-state index is -3.75. The monoisotopic (exact) mass is 563 g/mol. The number of carbonyl (C=O) groups is 2. The van der Waals surface area contributed by atoms with Gasteiger partial charge in [-0.1, -0.05) is 58.6 Å². The van der Waals surface area contributed by atoms with Crippen LogP contribution in [0.5, 0.6) is 0 Å². The molecule has 190 valence electrons. The van der Waals surface area contributed by atoms with Crippen LogP contribution in [0.15, 0.2) is 46.9 Å². The van der Waals surface area contributed by atoms with E-state index < -0.39 is 28.5 Å². The Morgan fingerprint density at radius 2 is 1.80 bits per heavy atom. The van der Waals surface area contributed by atoms with Gasteiger partial charge >= 0.3 is 0 Å². The van der Waals surface area contributed by atoms with E-state index in [2.05, 4.69) is 21.2 Å². The van der Waals surface area contributed by atoms with E-state index in [1.165, 1.54) is 4.90 Å². The molecule has 0 radical (unpaired) electrons. The molecule has 0 spiro atoms. The van der Waals surface area contributed by atoms with Crippen molar-refractivity contribution in [2.75, 3.05) is 17.1 Å². The minimum Gasteiger partial charge on any atom is -0.352 e. The summed E-state index contributed by atoms with van der Waals surface area (Å²) in [6.45, 7) is 5.33. The molecule has 7 nitrogen and oxygen atoms in total. The van der Waals surface area contributed by atoms with Crippen LogP contribution in [-0.2, 0) is 26.2 Å². The van der Waals surface area contributed by atoms with Crippen LogP contribution >= 0.6 is 15.9 Å². The van der Waals surface area contributed by atoms with E-state index in [1.54, 1.807) is 25.1 Å². The van der Waals surface area contributed by atoms with E-state index in [0.717, 1.165) is 57.4 Å². The Labute approximate surface area is 217 Å². The molecule has 2 aromatic rings. The maximum atomic E-state index is 13.6. The van der Waals surface area contributed by atoms with Crippen LogP contribution in [0.2, 0.25) is 0 Å². The molecule has 1 aliphatic carbocycles. The fourth-order valence-corrected chi connectivity index (χ4v) is 5.47. The highest BCUT2D eigenvalue weighted by Gasteiger charge is 2.31. The van der Waals surface area contributed by atoms with E-state index in [-0.39, 0.29) is 18.5 Å². The molecule has 9 heteroatoms. The van der Waals surface area contributed by atoms with Gasteiger partial charge in [0.25, 0.3) is 0 Å². The lowest BCUT2D eigenvalue weighted by Crippen LogP contribution is -2.52. The summed E-state index contributed by atoms with van der Waals surface area (Å²) in [7, 11) is -3.75. The van der Waals surface area contributed by atoms with Gasteiger partial charge in [0.15, 0.2) is 0 Å². The predicted molar refractivity (Wildman–Crippen MR) is 143 cm³/mol. The SMILES string of the molecule is Cc1cccc(CN(C(=O)CN(c2ccc(Br)c(C)c2)S(C)(=O)=O)C(C)C(=O)NC2CCCC2)c1. The highest BCUT2D eigenvalue weighted by atomic mass is 79.9. The van der Waals surface area contributed by atoms with Gasteiger partial charge in [0.2, 0.25) is 21.8 Å². The van der Waals surface area contributed by atoms with Crippen molar-refractivity contribution in [3.8, 4) is 0 Å². The van der Waals surface area contributed by atoms with E-state index in [1.807, 2.05) is 38.1 Å². The standard InChI is InChI=1S/C26H34BrN3O4S/c1-18-8-7-9-21(14-18)16-29(20(3)26(32)28-22-10-5-6-11-22)25(31)17-30(35(4,33)34)23-12-13-24(27)19(2)15-23/h7-9,12-15,20,22H,5-6,10-11,16-17H2,1-4H3,(H,28,32). The van der Waals surface area contributed by atoms with Crippen molar-refractivity contribution < 1.29 is 18.0 Å². The highest BCUT2D eigenvalue weighted by Crippen LogP contribution is 2.25. The van der Waals surface area contributed by atoms with Crippen LogP contribution in [0.1, 0.15) is 49.3 Å². The van der Waals surface area contributed by atoms with Gasteiger partial charge in [-0.05, 0) is 62.9 Å². The summed E-state index contributed by atoms with van der Waals surface area (Å²) >= 11 is 3.43. The zero-order valence-corrected chi connectivity index (χ0v) is 23.2. The Bertz CT molecular complexity index is 1180. The van der Waals surface area contributed by atoms with Gasteiger partial charge in [-0.3, -0.25) is 13.9 Å². The van der Waals surface area contributed by atoms with Crippen molar-refractivity contribution in [1.82, 2.24) is 10.2 Å². The van der Waals surface area contributed by atoms with Gasteiger partial charge in [-0.25, -0.2) is 8.42 Å². The normalized spacial score (nSPS) is 15.0. The Kier molecular flexibility index (Phi) is 8.99. The summed E-state index contributed by atoms with van der Waals surface area (Å²) in [6.07, 6.45) is 5.13. The molecule has 2 amide bonds. The lowest BCUT2D eigenvalue weighted by atomic mass is 10.1. The third-order valence-electron chi connectivity index (χ3n) is 6.41. The molecule has 1 unspecified atom stereocenters. The molecule has 1 atom stereocenters. The first-order valence-electron chi connectivity index (χ1n) is 11.8. The molecule has 0 heterocycles. The Morgan fingerprint density at radius 3 is 2.40 bits per heavy atom. The Morgan fingerprint density at radius 1 is 1.11 bits per heavy atom. The Hall–Kier alpha value is -2.39. The van der Waals surface area contributed by atoms with Crippen molar-refractivity contribution >= 4 is 43.5 Å². The van der Waals surface area contributed by atoms with Crippen LogP contribution in [0.4, 0.5) is 5.69 Å². The van der Waals surface area contributed by atoms with E-state index in [0.29, 0.717) is 5.69 Å². The quantitative estimate of drug-likeness (QED) is 0.492. The van der Waals surface area contributed by atoms with Crippen molar-refractivity contribution in [1.29, 1.82) is 0 Å². The molecule has 1 aliphatic rings. The molecular weight excluding hydrogens is 530 g/mol.